The third kappa shape index (κ3) is 2.08. The van der Waals surface area contributed by atoms with Gasteiger partial charge in [0.1, 0.15) is 0 Å². The maximum atomic E-state index is 10.7. The summed E-state index contributed by atoms with van der Waals surface area (Å²) >= 11 is 0. The minimum atomic E-state index is -0.552. The van der Waals surface area contributed by atoms with Crippen LogP contribution in [0.25, 0.3) is 0 Å². The molecule has 0 radical (unpaired) electrons. The largest absolute Gasteiger partial charge is 0.366 e. The zero-order valence-corrected chi connectivity index (χ0v) is 7.60. The highest BCUT2D eigenvalue weighted by Gasteiger charge is 2.08. The van der Waals surface area contributed by atoms with Gasteiger partial charge in [-0.25, -0.2) is 0 Å². The number of hydrogen-bond donors (Lipinski definition) is 2. The lowest BCUT2D eigenvalue weighted by molar-refractivity contribution is -0.121. The van der Waals surface area contributed by atoms with E-state index in [2.05, 4.69) is 0 Å². The number of carbonyl (C=O) groups is 2. The number of hydrogen-bond acceptors (Lipinski definition) is 3. The number of rotatable bonds is 2. The summed E-state index contributed by atoms with van der Waals surface area (Å²) < 4.78 is 0. The molecule has 5 nitrogen and oxygen atoms in total. The first-order valence-electron chi connectivity index (χ1n) is 3.92. The van der Waals surface area contributed by atoms with Gasteiger partial charge < -0.3 is 5.73 Å². The smallest absolute Gasteiger partial charge is 0.248 e. The fourth-order valence-corrected chi connectivity index (χ4v) is 0.949. The third-order valence-electron chi connectivity index (χ3n) is 1.69. The van der Waals surface area contributed by atoms with E-state index in [1.807, 2.05) is 0 Å². The normalized spacial score (nSPS) is 9.57. The number of benzene rings is 1. The average Bonchev–Trinajstić information content (AvgIpc) is 2.16. The molecule has 0 fully saturated rings. The quantitative estimate of drug-likeness (QED) is 0.532. The summed E-state index contributed by atoms with van der Waals surface area (Å²) in [7, 11) is 0. The Morgan fingerprint density at radius 1 is 1.29 bits per heavy atom. The monoisotopic (exact) mass is 194 g/mol. The standard InChI is InChI=1S/C9H10N2O3/c1-6(12)11(14)8-4-2-7(3-5-8)9(10)13/h2-5,14H,1H3,(H2,10,13). The minimum absolute atomic E-state index is 0.294. The zero-order chi connectivity index (χ0) is 10.7. The van der Waals surface area contributed by atoms with Crippen molar-refractivity contribution in [2.45, 2.75) is 6.92 Å². The van der Waals surface area contributed by atoms with Crippen LogP contribution in [0.1, 0.15) is 17.3 Å². The lowest BCUT2D eigenvalue weighted by Gasteiger charge is -2.12. The summed E-state index contributed by atoms with van der Waals surface area (Å²) in [4.78, 5) is 21.4. The van der Waals surface area contributed by atoms with Crippen LogP contribution in [0, 0.1) is 0 Å². The molecule has 1 aromatic rings. The van der Waals surface area contributed by atoms with Gasteiger partial charge in [-0.3, -0.25) is 14.8 Å². The van der Waals surface area contributed by atoms with Gasteiger partial charge >= 0.3 is 0 Å². The van der Waals surface area contributed by atoms with Gasteiger partial charge in [0, 0.05) is 12.5 Å². The Labute approximate surface area is 80.7 Å². The van der Waals surface area contributed by atoms with Crippen molar-refractivity contribution >= 4 is 17.5 Å². The molecule has 5 heteroatoms. The summed E-state index contributed by atoms with van der Waals surface area (Å²) in [5.41, 5.74) is 5.64. The Bertz CT molecular complexity index is 359. The second-order valence-corrected chi connectivity index (χ2v) is 2.74. The molecule has 0 spiro atoms. The maximum Gasteiger partial charge on any atom is 0.248 e. The van der Waals surface area contributed by atoms with Gasteiger partial charge in [-0.1, -0.05) is 0 Å². The minimum Gasteiger partial charge on any atom is -0.366 e. The first kappa shape index (κ1) is 10.2. The van der Waals surface area contributed by atoms with E-state index in [-0.39, 0.29) is 0 Å². The second kappa shape index (κ2) is 3.89. The predicted molar refractivity (Wildman–Crippen MR) is 49.9 cm³/mol. The molecule has 0 aromatic heterocycles. The van der Waals surface area contributed by atoms with Gasteiger partial charge in [0.15, 0.2) is 0 Å². The van der Waals surface area contributed by atoms with Crippen LogP contribution in [-0.2, 0) is 4.79 Å². The van der Waals surface area contributed by atoms with Crippen molar-refractivity contribution in [3.05, 3.63) is 29.8 Å². The van der Waals surface area contributed by atoms with Crippen LogP contribution in [0.3, 0.4) is 0 Å². The molecule has 1 rings (SSSR count). The van der Waals surface area contributed by atoms with Crippen molar-refractivity contribution in [2.24, 2.45) is 5.73 Å². The van der Waals surface area contributed by atoms with Gasteiger partial charge in [-0.15, -0.1) is 0 Å². The average molecular weight is 194 g/mol. The van der Waals surface area contributed by atoms with E-state index >= 15 is 0 Å². The fraction of sp³-hybridized carbons (Fsp3) is 0.111. The lowest BCUT2D eigenvalue weighted by Crippen LogP contribution is -2.23. The van der Waals surface area contributed by atoms with Crippen LogP contribution in [0.2, 0.25) is 0 Å². The molecule has 0 heterocycles. The molecule has 0 saturated heterocycles. The highest BCUT2D eigenvalue weighted by atomic mass is 16.5. The molecule has 74 valence electrons. The molecule has 0 atom stereocenters. The Hall–Kier alpha value is -1.88. The summed E-state index contributed by atoms with van der Waals surface area (Å²) in [5.74, 6) is -1.05. The number of carbonyl (C=O) groups excluding carboxylic acids is 2. The van der Waals surface area contributed by atoms with E-state index in [1.165, 1.54) is 31.2 Å². The van der Waals surface area contributed by atoms with Crippen molar-refractivity contribution in [2.75, 3.05) is 5.06 Å². The molecule has 0 aliphatic rings. The number of hydroxylamine groups is 1. The molecular formula is C9H10N2O3. The molecule has 2 amide bonds. The molecule has 0 aliphatic heterocycles. The van der Waals surface area contributed by atoms with Crippen molar-refractivity contribution in [1.29, 1.82) is 0 Å². The Balaban J connectivity index is 2.94. The van der Waals surface area contributed by atoms with Gasteiger partial charge in [0.2, 0.25) is 11.8 Å². The van der Waals surface area contributed by atoms with Crippen molar-refractivity contribution in [3.63, 3.8) is 0 Å². The lowest BCUT2D eigenvalue weighted by atomic mass is 10.2. The van der Waals surface area contributed by atoms with Crippen LogP contribution in [0.5, 0.6) is 0 Å². The summed E-state index contributed by atoms with van der Waals surface area (Å²) in [6.45, 7) is 1.22. The van der Waals surface area contributed by atoms with E-state index in [9.17, 15) is 14.8 Å². The highest BCUT2D eigenvalue weighted by Crippen LogP contribution is 2.13. The van der Waals surface area contributed by atoms with Crippen LogP contribution in [0.4, 0.5) is 5.69 Å². The van der Waals surface area contributed by atoms with E-state index in [1.54, 1.807) is 0 Å². The third-order valence-corrected chi connectivity index (χ3v) is 1.69. The summed E-state index contributed by atoms with van der Waals surface area (Å²) in [6, 6.07) is 5.73. The molecule has 1 aromatic carbocycles. The molecule has 14 heavy (non-hydrogen) atoms. The molecule has 0 bridgehead atoms. The Morgan fingerprint density at radius 2 is 1.79 bits per heavy atom. The van der Waals surface area contributed by atoms with Crippen LogP contribution in [0.15, 0.2) is 24.3 Å². The van der Waals surface area contributed by atoms with E-state index in [4.69, 9.17) is 5.73 Å². The van der Waals surface area contributed by atoms with Gasteiger partial charge in [-0.2, -0.15) is 5.06 Å². The number of nitrogens with zero attached hydrogens (tertiary/aromatic N) is 1. The number of primary amides is 1. The topological polar surface area (TPSA) is 83.6 Å². The number of amides is 2. The van der Waals surface area contributed by atoms with E-state index in [0.717, 1.165) is 0 Å². The summed E-state index contributed by atoms with van der Waals surface area (Å²) in [6.07, 6.45) is 0. The van der Waals surface area contributed by atoms with E-state index in [0.29, 0.717) is 16.3 Å². The number of nitrogens with two attached hydrogens (primary N) is 1. The second-order valence-electron chi connectivity index (χ2n) is 2.74. The van der Waals surface area contributed by atoms with Crippen LogP contribution >= 0.6 is 0 Å². The summed E-state index contributed by atoms with van der Waals surface area (Å²) in [5, 5.41) is 9.69. The molecule has 0 unspecified atom stereocenters. The number of anilines is 1. The molecule has 0 aliphatic carbocycles. The fourth-order valence-electron chi connectivity index (χ4n) is 0.949. The predicted octanol–water partition coefficient (Wildman–Crippen LogP) is 0.528. The van der Waals surface area contributed by atoms with Crippen LogP contribution in [-0.4, -0.2) is 17.0 Å². The van der Waals surface area contributed by atoms with Gasteiger partial charge in [0.05, 0.1) is 5.69 Å². The SMILES string of the molecule is CC(=O)N(O)c1ccc(C(N)=O)cc1. The maximum absolute atomic E-state index is 10.7. The first-order chi connectivity index (χ1) is 6.52. The van der Waals surface area contributed by atoms with Crippen molar-refractivity contribution in [1.82, 2.24) is 0 Å². The molecule has 3 N–H and O–H groups in total. The van der Waals surface area contributed by atoms with Gasteiger partial charge in [0.25, 0.3) is 0 Å². The van der Waals surface area contributed by atoms with Gasteiger partial charge in [-0.05, 0) is 24.3 Å². The first-order valence-corrected chi connectivity index (χ1v) is 3.92. The Kier molecular flexibility index (Phi) is 2.83. The molecular weight excluding hydrogens is 184 g/mol. The molecule has 0 saturated carbocycles. The Morgan fingerprint density at radius 3 is 2.14 bits per heavy atom. The van der Waals surface area contributed by atoms with E-state index < -0.39 is 11.8 Å². The van der Waals surface area contributed by atoms with Crippen molar-refractivity contribution < 1.29 is 14.8 Å². The highest BCUT2D eigenvalue weighted by molar-refractivity contribution is 5.94. The van der Waals surface area contributed by atoms with Crippen LogP contribution < -0.4 is 10.8 Å². The van der Waals surface area contributed by atoms with Crippen molar-refractivity contribution in [3.8, 4) is 0 Å². The zero-order valence-electron chi connectivity index (χ0n) is 7.60.